The Kier molecular flexibility index (Phi) is 6.83. The van der Waals surface area contributed by atoms with Gasteiger partial charge < -0.3 is 8.85 Å². The van der Waals surface area contributed by atoms with Gasteiger partial charge in [0.2, 0.25) is 0 Å². The maximum absolute atomic E-state index is 5.89. The van der Waals surface area contributed by atoms with Gasteiger partial charge in [-0.1, -0.05) is 53.9 Å². The van der Waals surface area contributed by atoms with E-state index in [1.54, 1.807) is 0 Å². The molecule has 0 aliphatic rings. The zero-order chi connectivity index (χ0) is 12.8. The Balaban J connectivity index is 4.98. The molecule has 3 heteroatoms. The van der Waals surface area contributed by atoms with Crippen molar-refractivity contribution in [2.24, 2.45) is 5.92 Å². The van der Waals surface area contributed by atoms with Crippen molar-refractivity contribution in [2.45, 2.75) is 65.0 Å². The fourth-order valence-corrected chi connectivity index (χ4v) is 6.48. The summed E-state index contributed by atoms with van der Waals surface area (Å²) in [5, 5.41) is 0.167. The Labute approximate surface area is 103 Å². The van der Waals surface area contributed by atoms with Gasteiger partial charge in [-0.25, -0.2) is 0 Å². The van der Waals surface area contributed by atoms with Gasteiger partial charge in [0.25, 0.3) is 0 Å². The molecule has 16 heavy (non-hydrogen) atoms. The van der Waals surface area contributed by atoms with Crippen LogP contribution in [0.1, 0.15) is 53.9 Å². The minimum atomic E-state index is -2.08. The zero-order valence-corrected chi connectivity index (χ0v) is 13.2. The molecule has 0 bridgehead atoms. The summed E-state index contributed by atoms with van der Waals surface area (Å²) in [5.74, 6) is 0.635. The van der Waals surface area contributed by atoms with E-state index in [1.165, 1.54) is 19.3 Å². The molecule has 0 N–H and O–H groups in total. The molecule has 0 amide bonds. The van der Waals surface area contributed by atoms with E-state index in [0.717, 1.165) is 6.04 Å². The summed E-state index contributed by atoms with van der Waals surface area (Å²) in [4.78, 5) is 0. The van der Waals surface area contributed by atoms with Gasteiger partial charge in [0, 0.05) is 19.3 Å². The molecule has 1 atom stereocenters. The number of hydrogen-bond donors (Lipinski definition) is 0. The van der Waals surface area contributed by atoms with E-state index in [1.807, 2.05) is 14.2 Å². The third-order valence-electron chi connectivity index (χ3n) is 4.35. The topological polar surface area (TPSA) is 18.5 Å². The fraction of sp³-hybridized carbons (Fsp3) is 1.00. The highest BCUT2D eigenvalue weighted by Crippen LogP contribution is 2.48. The molecule has 0 fully saturated rings. The van der Waals surface area contributed by atoms with Crippen LogP contribution in [0.4, 0.5) is 0 Å². The normalized spacial score (nSPS) is 15.2. The Morgan fingerprint density at radius 1 is 1.12 bits per heavy atom. The third-order valence-corrected chi connectivity index (χ3v) is 9.13. The van der Waals surface area contributed by atoms with Crippen LogP contribution < -0.4 is 0 Å². The first-order valence-corrected chi connectivity index (χ1v) is 8.54. The second kappa shape index (κ2) is 6.77. The Morgan fingerprint density at radius 2 is 1.62 bits per heavy atom. The summed E-state index contributed by atoms with van der Waals surface area (Å²) in [5.41, 5.74) is 0. The van der Waals surface area contributed by atoms with Gasteiger partial charge in [-0.3, -0.25) is 0 Å². The zero-order valence-electron chi connectivity index (χ0n) is 12.2. The first kappa shape index (κ1) is 16.1. The maximum atomic E-state index is 5.89. The van der Waals surface area contributed by atoms with Crippen LogP contribution in [0.5, 0.6) is 0 Å². The molecule has 0 heterocycles. The predicted molar refractivity (Wildman–Crippen MR) is 73.0 cm³/mol. The lowest BCUT2D eigenvalue weighted by Crippen LogP contribution is -2.52. The number of hydrogen-bond acceptors (Lipinski definition) is 2. The van der Waals surface area contributed by atoms with Gasteiger partial charge in [-0.2, -0.15) is 0 Å². The fourth-order valence-electron chi connectivity index (χ4n) is 2.43. The van der Waals surface area contributed by atoms with Gasteiger partial charge in [-0.05, 0) is 12.0 Å². The lowest BCUT2D eigenvalue weighted by atomic mass is 9.94. The molecular weight excluding hydrogens is 216 g/mol. The Hall–Kier alpha value is 0.137. The van der Waals surface area contributed by atoms with Crippen molar-refractivity contribution in [3.63, 3.8) is 0 Å². The molecule has 0 saturated carbocycles. The summed E-state index contributed by atoms with van der Waals surface area (Å²) in [6, 6.07) is 1.10. The highest BCUT2D eigenvalue weighted by Gasteiger charge is 2.52. The van der Waals surface area contributed by atoms with Crippen LogP contribution >= 0.6 is 0 Å². The van der Waals surface area contributed by atoms with Crippen molar-refractivity contribution in [1.29, 1.82) is 0 Å². The number of rotatable bonds is 8. The van der Waals surface area contributed by atoms with Crippen molar-refractivity contribution >= 4 is 8.56 Å². The van der Waals surface area contributed by atoms with Crippen LogP contribution in [0.3, 0.4) is 0 Å². The predicted octanol–water partition coefficient (Wildman–Crippen LogP) is 4.35. The molecule has 0 aromatic heterocycles. The average Bonchev–Trinajstić information content (AvgIpc) is 2.29. The molecule has 0 saturated heterocycles. The molecule has 1 unspecified atom stereocenters. The smallest absolute Gasteiger partial charge is 0.343 e. The summed E-state index contributed by atoms with van der Waals surface area (Å²) >= 11 is 0. The molecule has 0 radical (unpaired) electrons. The highest BCUT2D eigenvalue weighted by atomic mass is 28.4. The molecule has 0 aliphatic heterocycles. The second-order valence-electron chi connectivity index (χ2n) is 5.30. The van der Waals surface area contributed by atoms with Crippen molar-refractivity contribution in [2.75, 3.05) is 14.2 Å². The maximum Gasteiger partial charge on any atom is 0.343 e. The van der Waals surface area contributed by atoms with Crippen molar-refractivity contribution in [3.8, 4) is 0 Å². The lowest BCUT2D eigenvalue weighted by molar-refractivity contribution is 0.185. The van der Waals surface area contributed by atoms with E-state index < -0.39 is 8.56 Å². The minimum absolute atomic E-state index is 0.167. The van der Waals surface area contributed by atoms with Crippen molar-refractivity contribution < 1.29 is 8.85 Å². The Bertz CT molecular complexity index is 188. The molecular formula is C13H30O2Si. The summed E-state index contributed by atoms with van der Waals surface area (Å²) in [6.45, 7) is 11.4. The van der Waals surface area contributed by atoms with Crippen LogP contribution in [0.25, 0.3) is 0 Å². The van der Waals surface area contributed by atoms with E-state index >= 15 is 0 Å². The molecule has 0 aromatic rings. The largest absolute Gasteiger partial charge is 0.397 e. The van der Waals surface area contributed by atoms with Crippen LogP contribution in [-0.4, -0.2) is 22.8 Å². The number of unbranched alkanes of at least 4 members (excludes halogenated alkanes) is 1. The molecule has 0 rings (SSSR count). The second-order valence-corrected chi connectivity index (χ2v) is 9.41. The third kappa shape index (κ3) is 3.08. The van der Waals surface area contributed by atoms with E-state index in [2.05, 4.69) is 34.6 Å². The van der Waals surface area contributed by atoms with E-state index in [4.69, 9.17) is 8.85 Å². The van der Waals surface area contributed by atoms with Gasteiger partial charge in [-0.15, -0.1) is 0 Å². The van der Waals surface area contributed by atoms with Crippen LogP contribution in [-0.2, 0) is 8.85 Å². The van der Waals surface area contributed by atoms with Crippen molar-refractivity contribution in [3.05, 3.63) is 0 Å². The first-order chi connectivity index (χ1) is 7.41. The van der Waals surface area contributed by atoms with Gasteiger partial charge >= 0.3 is 8.56 Å². The molecule has 0 aromatic carbocycles. The van der Waals surface area contributed by atoms with E-state index in [0.29, 0.717) is 5.92 Å². The average molecular weight is 246 g/mol. The standard InChI is InChI=1S/C13H30O2Si/c1-8-10-11-16(14-6,15-7)13(4,5)12(3)9-2/h12H,8-11H2,1-7H3. The van der Waals surface area contributed by atoms with E-state index in [9.17, 15) is 0 Å². The molecule has 98 valence electrons. The van der Waals surface area contributed by atoms with Gasteiger partial charge in [0.15, 0.2) is 0 Å². The molecule has 0 aliphatic carbocycles. The minimum Gasteiger partial charge on any atom is -0.397 e. The van der Waals surface area contributed by atoms with Crippen LogP contribution in [0.2, 0.25) is 11.1 Å². The summed E-state index contributed by atoms with van der Waals surface area (Å²) < 4.78 is 11.8. The first-order valence-electron chi connectivity index (χ1n) is 6.52. The van der Waals surface area contributed by atoms with Crippen LogP contribution in [0, 0.1) is 5.92 Å². The van der Waals surface area contributed by atoms with E-state index in [-0.39, 0.29) is 5.04 Å². The monoisotopic (exact) mass is 246 g/mol. The summed E-state index contributed by atoms with van der Waals surface area (Å²) in [7, 11) is 1.58. The molecule has 0 spiro atoms. The lowest BCUT2D eigenvalue weighted by Gasteiger charge is -2.45. The quantitative estimate of drug-likeness (QED) is 0.593. The Morgan fingerprint density at radius 3 is 1.94 bits per heavy atom. The van der Waals surface area contributed by atoms with Gasteiger partial charge in [0.1, 0.15) is 0 Å². The van der Waals surface area contributed by atoms with Crippen molar-refractivity contribution in [1.82, 2.24) is 0 Å². The van der Waals surface area contributed by atoms with Gasteiger partial charge in [0.05, 0.1) is 0 Å². The molecule has 2 nitrogen and oxygen atoms in total. The highest BCUT2D eigenvalue weighted by molar-refractivity contribution is 6.70. The summed E-state index contributed by atoms with van der Waals surface area (Å²) in [6.07, 6.45) is 3.59. The van der Waals surface area contributed by atoms with Crippen LogP contribution in [0.15, 0.2) is 0 Å². The SMILES string of the molecule is CCCC[Si](OC)(OC)C(C)(C)C(C)CC.